The second kappa shape index (κ2) is 6.19. The predicted octanol–water partition coefficient (Wildman–Crippen LogP) is 3.30. The minimum atomic E-state index is -0.167. The molecule has 18 heavy (non-hydrogen) atoms. The number of fused-ring (bicyclic) bond motifs is 1. The normalized spacial score (nSPS) is 19.4. The van der Waals surface area contributed by atoms with Crippen molar-refractivity contribution in [3.05, 3.63) is 29.6 Å². The van der Waals surface area contributed by atoms with E-state index in [1.54, 1.807) is 12.1 Å². The SMILES string of the molecule is CCC(CCCC1Cc2cc(F)ccc2O1)NC. The standard InChI is InChI=1S/C15H22FNO/c1-3-13(17-2)5-4-6-14-10-11-9-12(16)7-8-15(11)18-14/h7-9,13-14,17H,3-6,10H2,1-2H3. The van der Waals surface area contributed by atoms with Gasteiger partial charge in [0.1, 0.15) is 17.7 Å². The molecule has 0 saturated heterocycles. The molecule has 0 fully saturated rings. The Labute approximate surface area is 109 Å². The molecule has 100 valence electrons. The van der Waals surface area contributed by atoms with E-state index in [0.717, 1.165) is 37.0 Å². The van der Waals surface area contributed by atoms with E-state index in [2.05, 4.69) is 12.2 Å². The zero-order valence-corrected chi connectivity index (χ0v) is 11.2. The smallest absolute Gasteiger partial charge is 0.123 e. The Kier molecular flexibility index (Phi) is 4.59. The van der Waals surface area contributed by atoms with Gasteiger partial charge in [-0.1, -0.05) is 6.92 Å². The Morgan fingerprint density at radius 1 is 1.50 bits per heavy atom. The summed E-state index contributed by atoms with van der Waals surface area (Å²) in [5, 5.41) is 3.31. The molecule has 0 aromatic heterocycles. The Morgan fingerprint density at radius 2 is 2.33 bits per heavy atom. The van der Waals surface area contributed by atoms with E-state index in [4.69, 9.17) is 4.74 Å². The maximum atomic E-state index is 13.1. The van der Waals surface area contributed by atoms with Gasteiger partial charge in [-0.05, 0) is 50.9 Å². The first-order valence-corrected chi connectivity index (χ1v) is 6.85. The Morgan fingerprint density at radius 3 is 3.06 bits per heavy atom. The molecule has 1 aliphatic heterocycles. The Hall–Kier alpha value is -1.09. The predicted molar refractivity (Wildman–Crippen MR) is 71.5 cm³/mol. The molecule has 1 N–H and O–H groups in total. The zero-order chi connectivity index (χ0) is 13.0. The highest BCUT2D eigenvalue weighted by Crippen LogP contribution is 2.31. The molecule has 1 aromatic rings. The molecule has 0 aliphatic carbocycles. The van der Waals surface area contributed by atoms with Gasteiger partial charge in [-0.25, -0.2) is 4.39 Å². The van der Waals surface area contributed by atoms with Crippen molar-refractivity contribution in [3.63, 3.8) is 0 Å². The molecular formula is C15H22FNO. The van der Waals surface area contributed by atoms with Crippen LogP contribution in [-0.4, -0.2) is 19.2 Å². The first-order chi connectivity index (χ1) is 8.72. The highest BCUT2D eigenvalue weighted by Gasteiger charge is 2.22. The van der Waals surface area contributed by atoms with Crippen molar-refractivity contribution in [1.29, 1.82) is 0 Å². The van der Waals surface area contributed by atoms with Crippen molar-refractivity contribution in [2.24, 2.45) is 0 Å². The second-order valence-corrected chi connectivity index (χ2v) is 5.02. The van der Waals surface area contributed by atoms with Crippen LogP contribution in [0.2, 0.25) is 0 Å². The number of hydrogen-bond donors (Lipinski definition) is 1. The zero-order valence-electron chi connectivity index (χ0n) is 11.2. The summed E-state index contributed by atoms with van der Waals surface area (Å²) in [5.41, 5.74) is 1.01. The molecule has 0 radical (unpaired) electrons. The lowest BCUT2D eigenvalue weighted by Gasteiger charge is -2.15. The van der Waals surface area contributed by atoms with Crippen molar-refractivity contribution in [2.45, 2.75) is 51.2 Å². The fraction of sp³-hybridized carbons (Fsp3) is 0.600. The van der Waals surface area contributed by atoms with Gasteiger partial charge in [-0.3, -0.25) is 0 Å². The summed E-state index contributed by atoms with van der Waals surface area (Å²) in [6.07, 6.45) is 5.62. The van der Waals surface area contributed by atoms with Crippen LogP contribution in [0.25, 0.3) is 0 Å². The van der Waals surface area contributed by atoms with Gasteiger partial charge in [0.25, 0.3) is 0 Å². The van der Waals surface area contributed by atoms with E-state index in [1.165, 1.54) is 12.5 Å². The van der Waals surface area contributed by atoms with Gasteiger partial charge in [0.2, 0.25) is 0 Å². The fourth-order valence-electron chi connectivity index (χ4n) is 2.59. The minimum Gasteiger partial charge on any atom is -0.490 e. The molecule has 2 unspecified atom stereocenters. The molecule has 1 aliphatic rings. The van der Waals surface area contributed by atoms with Crippen LogP contribution in [0.1, 0.15) is 38.2 Å². The maximum Gasteiger partial charge on any atom is 0.123 e. The molecule has 0 spiro atoms. The number of rotatable bonds is 6. The van der Waals surface area contributed by atoms with Crippen LogP contribution in [0.5, 0.6) is 5.75 Å². The number of hydrogen-bond acceptors (Lipinski definition) is 2. The highest BCUT2D eigenvalue weighted by atomic mass is 19.1. The molecular weight excluding hydrogens is 229 g/mol. The van der Waals surface area contributed by atoms with Crippen LogP contribution in [0, 0.1) is 5.82 Å². The maximum absolute atomic E-state index is 13.1. The molecule has 0 saturated carbocycles. The van der Waals surface area contributed by atoms with Gasteiger partial charge in [-0.15, -0.1) is 0 Å². The van der Waals surface area contributed by atoms with Crippen molar-refractivity contribution in [1.82, 2.24) is 5.32 Å². The highest BCUT2D eigenvalue weighted by molar-refractivity contribution is 5.37. The monoisotopic (exact) mass is 251 g/mol. The third kappa shape index (κ3) is 3.22. The Bertz CT molecular complexity index is 390. The summed E-state index contributed by atoms with van der Waals surface area (Å²) in [6, 6.07) is 5.41. The van der Waals surface area contributed by atoms with E-state index in [9.17, 15) is 4.39 Å². The fourth-order valence-corrected chi connectivity index (χ4v) is 2.59. The number of benzene rings is 1. The van der Waals surface area contributed by atoms with Gasteiger partial charge in [0.15, 0.2) is 0 Å². The quantitative estimate of drug-likeness (QED) is 0.837. The van der Waals surface area contributed by atoms with Gasteiger partial charge in [-0.2, -0.15) is 0 Å². The summed E-state index contributed by atoms with van der Waals surface area (Å²) in [4.78, 5) is 0. The largest absolute Gasteiger partial charge is 0.490 e. The van der Waals surface area contributed by atoms with Crippen molar-refractivity contribution in [2.75, 3.05) is 7.05 Å². The lowest BCUT2D eigenvalue weighted by molar-refractivity contribution is 0.214. The van der Waals surface area contributed by atoms with E-state index >= 15 is 0 Å². The van der Waals surface area contributed by atoms with Crippen LogP contribution in [-0.2, 0) is 6.42 Å². The van der Waals surface area contributed by atoms with Crippen molar-refractivity contribution in [3.8, 4) is 5.75 Å². The van der Waals surface area contributed by atoms with Crippen LogP contribution in [0.3, 0.4) is 0 Å². The van der Waals surface area contributed by atoms with Gasteiger partial charge in [0, 0.05) is 18.0 Å². The summed E-state index contributed by atoms with van der Waals surface area (Å²) >= 11 is 0. The summed E-state index contributed by atoms with van der Waals surface area (Å²) in [5.74, 6) is 0.696. The summed E-state index contributed by atoms with van der Waals surface area (Å²) < 4.78 is 18.9. The first kappa shape index (κ1) is 13.3. The van der Waals surface area contributed by atoms with E-state index < -0.39 is 0 Å². The first-order valence-electron chi connectivity index (χ1n) is 6.85. The van der Waals surface area contributed by atoms with Gasteiger partial charge < -0.3 is 10.1 Å². The molecule has 3 heteroatoms. The van der Waals surface area contributed by atoms with Crippen LogP contribution in [0.4, 0.5) is 4.39 Å². The Balaban J connectivity index is 1.78. The van der Waals surface area contributed by atoms with E-state index in [1.807, 2.05) is 7.05 Å². The van der Waals surface area contributed by atoms with Crippen LogP contribution >= 0.6 is 0 Å². The average molecular weight is 251 g/mol. The van der Waals surface area contributed by atoms with Crippen molar-refractivity contribution >= 4 is 0 Å². The second-order valence-electron chi connectivity index (χ2n) is 5.02. The van der Waals surface area contributed by atoms with Crippen LogP contribution in [0.15, 0.2) is 18.2 Å². The van der Waals surface area contributed by atoms with Crippen LogP contribution < -0.4 is 10.1 Å². The molecule has 2 rings (SSSR count). The third-order valence-electron chi connectivity index (χ3n) is 3.74. The summed E-state index contributed by atoms with van der Waals surface area (Å²) in [7, 11) is 2.01. The van der Waals surface area contributed by atoms with Gasteiger partial charge >= 0.3 is 0 Å². The molecule has 0 bridgehead atoms. The minimum absolute atomic E-state index is 0.167. The summed E-state index contributed by atoms with van der Waals surface area (Å²) in [6.45, 7) is 2.20. The molecule has 2 nitrogen and oxygen atoms in total. The lowest BCUT2D eigenvalue weighted by Crippen LogP contribution is -2.24. The van der Waals surface area contributed by atoms with E-state index in [0.29, 0.717) is 6.04 Å². The number of nitrogens with one attached hydrogen (secondary N) is 1. The lowest BCUT2D eigenvalue weighted by atomic mass is 10.0. The molecule has 1 aromatic carbocycles. The average Bonchev–Trinajstić information content (AvgIpc) is 2.76. The number of ether oxygens (including phenoxy) is 1. The third-order valence-corrected chi connectivity index (χ3v) is 3.74. The van der Waals surface area contributed by atoms with Crippen molar-refractivity contribution < 1.29 is 9.13 Å². The molecule has 1 heterocycles. The van der Waals surface area contributed by atoms with E-state index in [-0.39, 0.29) is 11.9 Å². The molecule has 0 amide bonds. The van der Waals surface area contributed by atoms with Gasteiger partial charge in [0.05, 0.1) is 0 Å². The molecule has 2 atom stereocenters. The topological polar surface area (TPSA) is 21.3 Å². The number of halogens is 1.